The Labute approximate surface area is 99.5 Å². The summed E-state index contributed by atoms with van der Waals surface area (Å²) in [6, 6.07) is 6.90. The molecule has 17 heavy (non-hydrogen) atoms. The van der Waals surface area contributed by atoms with Gasteiger partial charge in [-0.2, -0.15) is 0 Å². The lowest BCUT2D eigenvalue weighted by atomic mass is 9.95. The van der Waals surface area contributed by atoms with Crippen molar-refractivity contribution in [1.29, 1.82) is 0 Å². The molecular formula is C12H17NO4. The lowest BCUT2D eigenvalue weighted by Crippen LogP contribution is -2.34. The van der Waals surface area contributed by atoms with E-state index in [1.165, 1.54) is 0 Å². The van der Waals surface area contributed by atoms with Gasteiger partial charge in [0, 0.05) is 6.61 Å². The summed E-state index contributed by atoms with van der Waals surface area (Å²) in [5.41, 5.74) is 6.19. The van der Waals surface area contributed by atoms with Gasteiger partial charge < -0.3 is 21.1 Å². The van der Waals surface area contributed by atoms with Gasteiger partial charge in [0.05, 0.1) is 0 Å². The molecule has 2 atom stereocenters. The Balaban J connectivity index is 2.91. The lowest BCUT2D eigenvalue weighted by molar-refractivity contribution is -0.132. The van der Waals surface area contributed by atoms with Gasteiger partial charge in [-0.15, -0.1) is 0 Å². The highest BCUT2D eigenvalue weighted by Crippen LogP contribution is 2.22. The van der Waals surface area contributed by atoms with E-state index in [0.29, 0.717) is 18.4 Å². The van der Waals surface area contributed by atoms with Gasteiger partial charge in [-0.05, 0) is 24.0 Å². The summed E-state index contributed by atoms with van der Waals surface area (Å²) in [6.45, 7) is 0.0444. The minimum atomic E-state index is -1.62. The number of hydrogen-bond acceptors (Lipinski definition) is 4. The summed E-state index contributed by atoms with van der Waals surface area (Å²) in [4.78, 5) is 10.8. The third-order valence-corrected chi connectivity index (χ3v) is 2.57. The van der Waals surface area contributed by atoms with E-state index in [1.807, 2.05) is 0 Å². The predicted octanol–water partition coefficient (Wildman–Crippen LogP) is -0.509. The van der Waals surface area contributed by atoms with Crippen molar-refractivity contribution in [3.63, 3.8) is 0 Å². The molecule has 0 spiro atoms. The molecule has 0 bridgehead atoms. The molecule has 1 amide bonds. The second-order valence-corrected chi connectivity index (χ2v) is 3.82. The van der Waals surface area contributed by atoms with Crippen molar-refractivity contribution in [1.82, 2.24) is 0 Å². The Bertz CT molecular complexity index is 381. The maximum atomic E-state index is 10.8. The summed E-state index contributed by atoms with van der Waals surface area (Å²) in [6.07, 6.45) is -1.83. The van der Waals surface area contributed by atoms with Crippen molar-refractivity contribution >= 4 is 5.91 Å². The number of carbonyl (C=O) groups excluding carboxylic acids is 1. The zero-order valence-electron chi connectivity index (χ0n) is 9.41. The minimum absolute atomic E-state index is 0.0444. The molecule has 0 heterocycles. The molecule has 0 fully saturated rings. The maximum absolute atomic E-state index is 10.8. The number of aryl methyl sites for hydroxylation is 1. The first kappa shape index (κ1) is 13.6. The first-order valence-electron chi connectivity index (χ1n) is 5.42. The Morgan fingerprint density at radius 1 is 1.29 bits per heavy atom. The molecule has 5 heteroatoms. The zero-order valence-corrected chi connectivity index (χ0v) is 9.41. The van der Waals surface area contributed by atoms with E-state index in [2.05, 4.69) is 0 Å². The number of rotatable bonds is 6. The normalized spacial score (nSPS) is 14.3. The molecule has 0 radical (unpaired) electrons. The topological polar surface area (TPSA) is 104 Å². The maximum Gasteiger partial charge on any atom is 0.249 e. The Morgan fingerprint density at radius 3 is 2.53 bits per heavy atom. The molecule has 1 rings (SSSR count). The molecule has 2 unspecified atom stereocenters. The summed E-state index contributed by atoms with van der Waals surface area (Å²) >= 11 is 0. The van der Waals surface area contributed by atoms with Crippen LogP contribution in [-0.2, 0) is 11.2 Å². The van der Waals surface area contributed by atoms with Crippen LogP contribution in [-0.4, -0.2) is 33.9 Å². The van der Waals surface area contributed by atoms with Gasteiger partial charge in [0.15, 0.2) is 6.10 Å². The highest BCUT2D eigenvalue weighted by Gasteiger charge is 2.24. The number of hydrogen-bond donors (Lipinski definition) is 4. The number of benzene rings is 1. The predicted molar refractivity (Wildman–Crippen MR) is 62.0 cm³/mol. The van der Waals surface area contributed by atoms with E-state index in [1.54, 1.807) is 24.3 Å². The summed E-state index contributed by atoms with van der Waals surface area (Å²) < 4.78 is 0. The molecular weight excluding hydrogens is 222 g/mol. The molecule has 0 aliphatic heterocycles. The molecule has 5 N–H and O–H groups in total. The number of nitrogens with two attached hydrogens (primary N) is 1. The van der Waals surface area contributed by atoms with E-state index >= 15 is 0 Å². The lowest BCUT2D eigenvalue weighted by Gasteiger charge is -2.18. The van der Waals surface area contributed by atoms with Crippen LogP contribution >= 0.6 is 0 Å². The smallest absolute Gasteiger partial charge is 0.249 e. The molecule has 94 valence electrons. The van der Waals surface area contributed by atoms with Gasteiger partial charge in [-0.3, -0.25) is 4.79 Å². The van der Waals surface area contributed by atoms with Crippen molar-refractivity contribution in [3.05, 3.63) is 35.4 Å². The van der Waals surface area contributed by atoms with Crippen molar-refractivity contribution < 1.29 is 20.1 Å². The van der Waals surface area contributed by atoms with Crippen LogP contribution in [0.25, 0.3) is 0 Å². The average Bonchev–Trinajstić information content (AvgIpc) is 2.34. The first-order valence-corrected chi connectivity index (χ1v) is 5.42. The van der Waals surface area contributed by atoms with Gasteiger partial charge in [-0.25, -0.2) is 0 Å². The summed E-state index contributed by atoms with van der Waals surface area (Å²) in [7, 11) is 0. The Morgan fingerprint density at radius 2 is 1.94 bits per heavy atom. The van der Waals surface area contributed by atoms with Crippen LogP contribution in [0.4, 0.5) is 0 Å². The fraction of sp³-hybridized carbons (Fsp3) is 0.417. The number of carbonyl (C=O) groups is 1. The zero-order chi connectivity index (χ0) is 12.8. The Kier molecular flexibility index (Phi) is 5.09. The number of amides is 1. The second kappa shape index (κ2) is 6.34. The number of primary amides is 1. The van der Waals surface area contributed by atoms with Crippen LogP contribution in [0, 0.1) is 0 Å². The SMILES string of the molecule is NC(=O)C(O)C(O)c1ccccc1CCCO. The van der Waals surface area contributed by atoms with Crippen LogP contribution in [0.5, 0.6) is 0 Å². The van der Waals surface area contributed by atoms with Gasteiger partial charge in [0.1, 0.15) is 6.10 Å². The van der Waals surface area contributed by atoms with Crippen LogP contribution in [0.2, 0.25) is 0 Å². The highest BCUT2D eigenvalue weighted by atomic mass is 16.3. The van der Waals surface area contributed by atoms with Crippen molar-refractivity contribution in [2.24, 2.45) is 5.73 Å². The largest absolute Gasteiger partial charge is 0.396 e. The molecule has 5 nitrogen and oxygen atoms in total. The van der Waals surface area contributed by atoms with Gasteiger partial charge in [0.25, 0.3) is 0 Å². The van der Waals surface area contributed by atoms with Crippen LogP contribution in [0.3, 0.4) is 0 Å². The first-order chi connectivity index (χ1) is 8.07. The highest BCUT2D eigenvalue weighted by molar-refractivity contribution is 5.79. The fourth-order valence-corrected chi connectivity index (χ4v) is 1.65. The van der Waals surface area contributed by atoms with E-state index < -0.39 is 18.1 Å². The quantitative estimate of drug-likeness (QED) is 0.536. The van der Waals surface area contributed by atoms with E-state index in [-0.39, 0.29) is 6.61 Å². The molecule has 0 aromatic heterocycles. The summed E-state index contributed by atoms with van der Waals surface area (Å²) in [5, 5.41) is 28.0. The van der Waals surface area contributed by atoms with Crippen molar-refractivity contribution in [2.45, 2.75) is 25.0 Å². The van der Waals surface area contributed by atoms with Crippen LogP contribution in [0.15, 0.2) is 24.3 Å². The monoisotopic (exact) mass is 239 g/mol. The molecule has 1 aromatic rings. The summed E-state index contributed by atoms with van der Waals surface area (Å²) in [5.74, 6) is -0.963. The van der Waals surface area contributed by atoms with E-state index in [0.717, 1.165) is 5.56 Å². The molecule has 1 aromatic carbocycles. The van der Waals surface area contributed by atoms with E-state index in [4.69, 9.17) is 10.8 Å². The average molecular weight is 239 g/mol. The molecule has 0 aliphatic rings. The molecule has 0 saturated heterocycles. The standard InChI is InChI=1S/C12H17NO4/c13-12(17)11(16)10(15)9-6-2-1-4-8(9)5-3-7-14/h1-2,4,6,10-11,14-16H,3,5,7H2,(H2,13,17). The van der Waals surface area contributed by atoms with Crippen LogP contribution < -0.4 is 5.73 Å². The molecule has 0 aliphatic carbocycles. The third kappa shape index (κ3) is 3.52. The van der Waals surface area contributed by atoms with Crippen molar-refractivity contribution in [3.8, 4) is 0 Å². The van der Waals surface area contributed by atoms with Gasteiger partial charge in [-0.1, -0.05) is 24.3 Å². The van der Waals surface area contributed by atoms with E-state index in [9.17, 15) is 15.0 Å². The minimum Gasteiger partial charge on any atom is -0.396 e. The van der Waals surface area contributed by atoms with Gasteiger partial charge >= 0.3 is 0 Å². The molecule has 0 saturated carbocycles. The third-order valence-electron chi connectivity index (χ3n) is 2.57. The fourth-order valence-electron chi connectivity index (χ4n) is 1.65. The van der Waals surface area contributed by atoms with Crippen molar-refractivity contribution in [2.75, 3.05) is 6.61 Å². The van der Waals surface area contributed by atoms with Gasteiger partial charge in [0.2, 0.25) is 5.91 Å². The number of aliphatic hydroxyl groups is 3. The van der Waals surface area contributed by atoms with Crippen LogP contribution in [0.1, 0.15) is 23.7 Å². The number of aliphatic hydroxyl groups excluding tert-OH is 3. The Hall–Kier alpha value is -1.43. The second-order valence-electron chi connectivity index (χ2n) is 3.82.